The Morgan fingerprint density at radius 3 is 2.63 bits per heavy atom. The molecule has 7 heteroatoms. The highest BCUT2D eigenvalue weighted by Gasteiger charge is 2.23. The Morgan fingerprint density at radius 1 is 1.07 bits per heavy atom. The third kappa shape index (κ3) is 4.17. The molecular weight excluding hydrogens is 367 g/mol. The van der Waals surface area contributed by atoms with Crippen molar-refractivity contribution in [2.45, 2.75) is 18.9 Å². The number of halogens is 2. The van der Waals surface area contributed by atoms with Crippen LogP contribution in [0.4, 0.5) is 10.3 Å². The standard InChI is InChI=1S/C20H18ClFN4O/c21-17-7-6-15(22)12-19(17)27-16-8-10-26(11-9-16)20-24-18(13-23-25-20)14-4-2-1-3-5-14/h1-7,12-13,16H,8-11H2. The van der Waals surface area contributed by atoms with E-state index in [0.29, 0.717) is 16.7 Å². The predicted molar refractivity (Wildman–Crippen MR) is 103 cm³/mol. The average Bonchev–Trinajstić information content (AvgIpc) is 2.72. The lowest BCUT2D eigenvalue weighted by atomic mass is 10.1. The van der Waals surface area contributed by atoms with Crippen LogP contribution >= 0.6 is 11.6 Å². The lowest BCUT2D eigenvalue weighted by Gasteiger charge is -2.32. The Morgan fingerprint density at radius 2 is 1.85 bits per heavy atom. The van der Waals surface area contributed by atoms with Crippen LogP contribution in [0.25, 0.3) is 11.3 Å². The van der Waals surface area contributed by atoms with E-state index in [9.17, 15) is 4.39 Å². The van der Waals surface area contributed by atoms with Crippen molar-refractivity contribution in [2.24, 2.45) is 0 Å². The molecule has 1 aliphatic rings. The highest BCUT2D eigenvalue weighted by Crippen LogP contribution is 2.28. The molecule has 1 fully saturated rings. The van der Waals surface area contributed by atoms with Crippen molar-refractivity contribution in [1.82, 2.24) is 15.2 Å². The molecule has 2 aromatic carbocycles. The van der Waals surface area contributed by atoms with Crippen LogP contribution in [0.2, 0.25) is 5.02 Å². The molecule has 0 aliphatic carbocycles. The molecule has 0 saturated carbocycles. The summed E-state index contributed by atoms with van der Waals surface area (Å²) in [4.78, 5) is 6.73. The molecule has 0 atom stereocenters. The van der Waals surface area contributed by atoms with E-state index >= 15 is 0 Å². The largest absolute Gasteiger partial charge is 0.489 e. The van der Waals surface area contributed by atoms with Crippen molar-refractivity contribution in [3.8, 4) is 17.0 Å². The minimum absolute atomic E-state index is 0.0224. The van der Waals surface area contributed by atoms with E-state index in [1.807, 2.05) is 30.3 Å². The van der Waals surface area contributed by atoms with Gasteiger partial charge in [0.1, 0.15) is 17.7 Å². The monoisotopic (exact) mass is 384 g/mol. The number of nitrogens with zero attached hydrogens (tertiary/aromatic N) is 4. The van der Waals surface area contributed by atoms with Crippen LogP contribution in [0, 0.1) is 5.82 Å². The van der Waals surface area contributed by atoms with Crippen LogP contribution in [0.15, 0.2) is 54.7 Å². The topological polar surface area (TPSA) is 51.1 Å². The fourth-order valence-electron chi connectivity index (χ4n) is 3.10. The molecule has 138 valence electrons. The number of hydrogen-bond acceptors (Lipinski definition) is 5. The van der Waals surface area contributed by atoms with Gasteiger partial charge in [-0.2, -0.15) is 5.10 Å². The number of hydrogen-bond donors (Lipinski definition) is 0. The van der Waals surface area contributed by atoms with Crippen LogP contribution in [-0.2, 0) is 0 Å². The molecule has 5 nitrogen and oxygen atoms in total. The van der Waals surface area contributed by atoms with E-state index in [-0.39, 0.29) is 11.9 Å². The predicted octanol–water partition coefficient (Wildman–Crippen LogP) is 4.38. The summed E-state index contributed by atoms with van der Waals surface area (Å²) in [6.07, 6.45) is 3.18. The number of anilines is 1. The lowest BCUT2D eigenvalue weighted by molar-refractivity contribution is 0.170. The zero-order chi connectivity index (χ0) is 18.6. The van der Waals surface area contributed by atoms with Gasteiger partial charge in [0.15, 0.2) is 0 Å². The zero-order valence-electron chi connectivity index (χ0n) is 14.6. The van der Waals surface area contributed by atoms with Crippen LogP contribution in [-0.4, -0.2) is 34.4 Å². The van der Waals surface area contributed by atoms with Gasteiger partial charge in [-0.3, -0.25) is 0 Å². The minimum Gasteiger partial charge on any atom is -0.489 e. The van der Waals surface area contributed by atoms with Crippen molar-refractivity contribution < 1.29 is 9.13 Å². The molecule has 0 N–H and O–H groups in total. The molecule has 1 aromatic heterocycles. The van der Waals surface area contributed by atoms with Crippen molar-refractivity contribution in [3.63, 3.8) is 0 Å². The number of piperidine rings is 1. The first-order chi connectivity index (χ1) is 13.2. The van der Waals surface area contributed by atoms with Crippen LogP contribution in [0.3, 0.4) is 0 Å². The molecule has 0 bridgehead atoms. The molecule has 27 heavy (non-hydrogen) atoms. The number of benzene rings is 2. The van der Waals surface area contributed by atoms with Gasteiger partial charge < -0.3 is 9.64 Å². The summed E-state index contributed by atoms with van der Waals surface area (Å²) in [5.74, 6) is 0.640. The van der Waals surface area contributed by atoms with Gasteiger partial charge in [0.05, 0.1) is 16.9 Å². The Bertz CT molecular complexity index is 917. The maximum atomic E-state index is 13.4. The van der Waals surface area contributed by atoms with E-state index < -0.39 is 0 Å². The fraction of sp³-hybridized carbons (Fsp3) is 0.250. The number of aromatic nitrogens is 3. The molecule has 0 radical (unpaired) electrons. The molecular formula is C20H18ClFN4O. The number of rotatable bonds is 4. The first kappa shape index (κ1) is 17.7. The van der Waals surface area contributed by atoms with Crippen LogP contribution in [0.1, 0.15) is 12.8 Å². The van der Waals surface area contributed by atoms with E-state index in [1.54, 1.807) is 6.20 Å². The molecule has 0 amide bonds. The van der Waals surface area contributed by atoms with Crippen molar-refractivity contribution >= 4 is 17.5 Å². The van der Waals surface area contributed by atoms with E-state index in [2.05, 4.69) is 20.1 Å². The quantitative estimate of drug-likeness (QED) is 0.668. The maximum absolute atomic E-state index is 13.4. The highest BCUT2D eigenvalue weighted by atomic mass is 35.5. The second-order valence-electron chi connectivity index (χ2n) is 6.39. The smallest absolute Gasteiger partial charge is 0.245 e. The fourth-order valence-corrected chi connectivity index (χ4v) is 3.26. The Kier molecular flexibility index (Phi) is 5.16. The Labute approximate surface area is 161 Å². The van der Waals surface area contributed by atoms with Gasteiger partial charge in [-0.15, -0.1) is 5.10 Å². The van der Waals surface area contributed by atoms with Crippen LogP contribution < -0.4 is 9.64 Å². The summed E-state index contributed by atoms with van der Waals surface area (Å²) in [7, 11) is 0. The molecule has 0 unspecified atom stereocenters. The molecule has 4 rings (SSSR count). The molecule has 1 aliphatic heterocycles. The number of ether oxygens (including phenoxy) is 1. The van der Waals surface area contributed by atoms with Crippen molar-refractivity contribution in [3.05, 3.63) is 65.6 Å². The summed E-state index contributed by atoms with van der Waals surface area (Å²) in [6.45, 7) is 1.47. The van der Waals surface area contributed by atoms with Crippen molar-refractivity contribution in [2.75, 3.05) is 18.0 Å². The lowest BCUT2D eigenvalue weighted by Crippen LogP contribution is -2.39. The summed E-state index contributed by atoms with van der Waals surface area (Å²) < 4.78 is 19.3. The molecule has 1 saturated heterocycles. The van der Waals surface area contributed by atoms with Gasteiger partial charge in [-0.25, -0.2) is 9.37 Å². The van der Waals surface area contributed by atoms with Gasteiger partial charge >= 0.3 is 0 Å². The van der Waals surface area contributed by atoms with Gasteiger partial charge in [-0.05, 0) is 12.1 Å². The Hall–Kier alpha value is -2.73. The minimum atomic E-state index is -0.357. The third-order valence-corrected chi connectivity index (χ3v) is 4.84. The molecule has 3 aromatic rings. The summed E-state index contributed by atoms with van der Waals surface area (Å²) in [6, 6.07) is 14.1. The van der Waals surface area contributed by atoms with Gasteiger partial charge in [0, 0.05) is 37.6 Å². The zero-order valence-corrected chi connectivity index (χ0v) is 15.3. The first-order valence-electron chi connectivity index (χ1n) is 8.81. The van der Waals surface area contributed by atoms with E-state index in [4.69, 9.17) is 16.3 Å². The van der Waals surface area contributed by atoms with Gasteiger partial charge in [0.25, 0.3) is 0 Å². The average molecular weight is 385 g/mol. The molecule has 2 heterocycles. The third-order valence-electron chi connectivity index (χ3n) is 4.53. The first-order valence-corrected chi connectivity index (χ1v) is 9.18. The van der Waals surface area contributed by atoms with Gasteiger partial charge in [-0.1, -0.05) is 41.9 Å². The molecule has 0 spiro atoms. The summed E-state index contributed by atoms with van der Waals surface area (Å²) in [5.41, 5.74) is 1.80. The second kappa shape index (κ2) is 7.88. The van der Waals surface area contributed by atoms with Gasteiger partial charge in [0.2, 0.25) is 5.95 Å². The SMILES string of the molecule is Fc1ccc(Cl)c(OC2CCN(c3nncc(-c4ccccc4)n3)CC2)c1. The van der Waals surface area contributed by atoms with Crippen LogP contribution in [0.5, 0.6) is 5.75 Å². The summed E-state index contributed by atoms with van der Waals surface area (Å²) >= 11 is 6.09. The highest BCUT2D eigenvalue weighted by molar-refractivity contribution is 6.32. The van der Waals surface area contributed by atoms with E-state index in [1.165, 1.54) is 18.2 Å². The normalized spacial score (nSPS) is 15.0. The Balaban J connectivity index is 1.41. The second-order valence-corrected chi connectivity index (χ2v) is 6.79. The maximum Gasteiger partial charge on any atom is 0.245 e. The summed E-state index contributed by atoms with van der Waals surface area (Å²) in [5, 5.41) is 8.69. The van der Waals surface area contributed by atoms with Crippen molar-refractivity contribution in [1.29, 1.82) is 0 Å². The van der Waals surface area contributed by atoms with E-state index in [0.717, 1.165) is 37.2 Å².